The second-order valence-electron chi connectivity index (χ2n) is 1.97. The van der Waals surface area contributed by atoms with Crippen molar-refractivity contribution < 1.29 is 9.09 Å². The molecule has 0 N–H and O–H groups in total. The first kappa shape index (κ1) is 8.66. The average Bonchev–Trinajstić information content (AvgIpc) is 2.03. The van der Waals surface area contributed by atoms with Crippen LogP contribution < -0.4 is 0 Å². The molecule has 0 saturated carbocycles. The molecule has 59 valence electrons. The molecule has 0 aliphatic carbocycles. The van der Waals surface area contributed by atoms with Crippen LogP contribution in [0.5, 0.6) is 0 Å². The zero-order valence-electron chi connectivity index (χ0n) is 5.74. The molecular weight excluding hydrogens is 183 g/mol. The number of hydrogen-bond acceptors (Lipinski definition) is 2. The third kappa shape index (κ3) is 3.47. The van der Waals surface area contributed by atoms with Crippen LogP contribution in [0.2, 0.25) is 0 Å². The van der Waals surface area contributed by atoms with Gasteiger partial charge < -0.3 is 0 Å². The highest BCUT2D eigenvalue weighted by atomic mass is 35.7. The summed E-state index contributed by atoms with van der Waals surface area (Å²) in [5.41, 5.74) is 0.969. The van der Waals surface area contributed by atoms with E-state index in [1.54, 1.807) is 0 Å². The molecule has 0 saturated heterocycles. The molecule has 0 spiro atoms. The summed E-state index contributed by atoms with van der Waals surface area (Å²) in [5, 5.41) is 0. The Bertz CT molecular complexity index is 237. The van der Waals surface area contributed by atoms with E-state index in [9.17, 15) is 4.57 Å². The van der Waals surface area contributed by atoms with Crippen LogP contribution >= 0.6 is 18.6 Å². The van der Waals surface area contributed by atoms with E-state index in [0.717, 1.165) is 5.56 Å². The quantitative estimate of drug-likeness (QED) is 0.683. The van der Waals surface area contributed by atoms with Crippen molar-refractivity contribution >= 4 is 18.6 Å². The molecule has 11 heavy (non-hydrogen) atoms. The maximum absolute atomic E-state index is 10.3. The van der Waals surface area contributed by atoms with E-state index in [0.29, 0.717) is 6.61 Å². The molecule has 0 aromatic heterocycles. The van der Waals surface area contributed by atoms with Gasteiger partial charge in [-0.05, 0) is 5.56 Å². The standard InChI is InChI=1S/C7H7ClO2P/c8-11(9)10-6-7-4-2-1-3-5-7/h1-5H,6H2. The predicted molar refractivity (Wildman–Crippen MR) is 44.7 cm³/mol. The normalized spacial score (nSPS) is 11.2. The molecule has 0 heterocycles. The first-order valence-corrected chi connectivity index (χ1v) is 5.17. The third-order valence-corrected chi connectivity index (χ3v) is 1.80. The van der Waals surface area contributed by atoms with Gasteiger partial charge >= 0.3 is 7.38 Å². The molecule has 1 radical (unpaired) electrons. The highest BCUT2D eigenvalue weighted by molar-refractivity contribution is 7.69. The molecule has 0 aliphatic heterocycles. The van der Waals surface area contributed by atoms with Gasteiger partial charge in [0.25, 0.3) is 0 Å². The summed E-state index contributed by atoms with van der Waals surface area (Å²) in [4.78, 5) is 0. The van der Waals surface area contributed by atoms with E-state index in [1.165, 1.54) is 0 Å². The Morgan fingerprint density at radius 3 is 2.55 bits per heavy atom. The second-order valence-corrected chi connectivity index (χ2v) is 3.48. The summed E-state index contributed by atoms with van der Waals surface area (Å²) in [7, 11) is -2.00. The summed E-state index contributed by atoms with van der Waals surface area (Å²) < 4.78 is 15.0. The van der Waals surface area contributed by atoms with Crippen molar-refractivity contribution in [2.24, 2.45) is 0 Å². The van der Waals surface area contributed by atoms with Gasteiger partial charge in [-0.3, -0.25) is 4.52 Å². The molecule has 1 atom stereocenters. The van der Waals surface area contributed by atoms with Gasteiger partial charge in [0.2, 0.25) is 0 Å². The van der Waals surface area contributed by atoms with E-state index in [2.05, 4.69) is 0 Å². The van der Waals surface area contributed by atoms with Crippen molar-refractivity contribution in [1.82, 2.24) is 0 Å². The summed E-state index contributed by atoms with van der Waals surface area (Å²) >= 11 is 5.11. The third-order valence-electron chi connectivity index (χ3n) is 1.18. The van der Waals surface area contributed by atoms with Gasteiger partial charge in [0.15, 0.2) is 0 Å². The first-order chi connectivity index (χ1) is 5.29. The Kier molecular flexibility index (Phi) is 3.50. The molecule has 2 nitrogen and oxygen atoms in total. The topological polar surface area (TPSA) is 26.3 Å². The van der Waals surface area contributed by atoms with Crippen molar-refractivity contribution in [2.45, 2.75) is 6.61 Å². The molecule has 1 rings (SSSR count). The van der Waals surface area contributed by atoms with Crippen LogP contribution in [0.25, 0.3) is 0 Å². The van der Waals surface area contributed by atoms with Gasteiger partial charge in [-0.15, -0.1) is 0 Å². The van der Waals surface area contributed by atoms with Crippen LogP contribution in [0.1, 0.15) is 5.56 Å². The lowest BCUT2D eigenvalue weighted by Gasteiger charge is -1.96. The molecule has 1 unspecified atom stereocenters. The summed E-state index contributed by atoms with van der Waals surface area (Å²) in [6, 6.07) is 9.45. The maximum atomic E-state index is 10.3. The van der Waals surface area contributed by atoms with Gasteiger partial charge in [0.1, 0.15) is 0 Å². The Hall–Kier alpha value is -0.430. The van der Waals surface area contributed by atoms with Crippen molar-refractivity contribution in [2.75, 3.05) is 0 Å². The van der Waals surface area contributed by atoms with E-state index in [1.807, 2.05) is 30.3 Å². The molecule has 0 amide bonds. The number of rotatable bonds is 3. The monoisotopic (exact) mass is 189 g/mol. The van der Waals surface area contributed by atoms with Crippen molar-refractivity contribution in [3.63, 3.8) is 0 Å². The van der Waals surface area contributed by atoms with E-state index < -0.39 is 7.38 Å². The molecule has 0 bridgehead atoms. The van der Waals surface area contributed by atoms with Crippen LogP contribution in [0, 0.1) is 0 Å². The lowest BCUT2D eigenvalue weighted by molar-refractivity contribution is 0.328. The second kappa shape index (κ2) is 4.45. The number of hydrogen-bond donors (Lipinski definition) is 0. The minimum absolute atomic E-state index is 0.305. The Balaban J connectivity index is 2.45. The lowest BCUT2D eigenvalue weighted by Crippen LogP contribution is -1.82. The average molecular weight is 190 g/mol. The minimum atomic E-state index is -2.00. The van der Waals surface area contributed by atoms with Crippen molar-refractivity contribution in [3.8, 4) is 0 Å². The highest BCUT2D eigenvalue weighted by Gasteiger charge is 1.95. The smallest absolute Gasteiger partial charge is 0.288 e. The van der Waals surface area contributed by atoms with Gasteiger partial charge in [0, 0.05) is 11.2 Å². The van der Waals surface area contributed by atoms with Crippen LogP contribution in [0.3, 0.4) is 0 Å². The van der Waals surface area contributed by atoms with Crippen LogP contribution in [-0.2, 0) is 15.7 Å². The van der Waals surface area contributed by atoms with E-state index in [4.69, 9.17) is 15.8 Å². The SMILES string of the molecule is O=[P](Cl)OCc1ccccc1. The first-order valence-electron chi connectivity index (χ1n) is 3.09. The Morgan fingerprint density at radius 2 is 2.00 bits per heavy atom. The molecule has 4 heteroatoms. The number of benzene rings is 1. The van der Waals surface area contributed by atoms with Gasteiger partial charge in [0.05, 0.1) is 6.61 Å². The maximum Gasteiger partial charge on any atom is 0.315 e. The van der Waals surface area contributed by atoms with E-state index in [-0.39, 0.29) is 0 Å². The zero-order chi connectivity index (χ0) is 8.10. The highest BCUT2D eigenvalue weighted by Crippen LogP contribution is 2.28. The van der Waals surface area contributed by atoms with Crippen LogP contribution in [0.4, 0.5) is 0 Å². The summed E-state index contributed by atoms with van der Waals surface area (Å²) in [6.45, 7) is 0.305. The molecule has 1 aromatic carbocycles. The van der Waals surface area contributed by atoms with Crippen LogP contribution in [0.15, 0.2) is 30.3 Å². The molecular formula is C7H7ClO2P. The fraction of sp³-hybridized carbons (Fsp3) is 0.143. The van der Waals surface area contributed by atoms with Crippen molar-refractivity contribution in [3.05, 3.63) is 35.9 Å². The van der Waals surface area contributed by atoms with Crippen molar-refractivity contribution in [1.29, 1.82) is 0 Å². The van der Waals surface area contributed by atoms with Crippen LogP contribution in [-0.4, -0.2) is 0 Å². The molecule has 0 aliphatic rings. The fourth-order valence-corrected chi connectivity index (χ4v) is 1.10. The lowest BCUT2D eigenvalue weighted by atomic mass is 10.2. The van der Waals surface area contributed by atoms with E-state index >= 15 is 0 Å². The zero-order valence-corrected chi connectivity index (χ0v) is 7.39. The molecule has 1 aromatic rings. The Labute approximate surface area is 70.8 Å². The number of halogens is 1. The predicted octanol–water partition coefficient (Wildman–Crippen LogP) is 3.10. The van der Waals surface area contributed by atoms with Gasteiger partial charge in [-0.2, -0.15) is 0 Å². The minimum Gasteiger partial charge on any atom is -0.288 e. The molecule has 0 fully saturated rings. The summed E-state index contributed by atoms with van der Waals surface area (Å²) in [6.07, 6.45) is 0. The summed E-state index contributed by atoms with van der Waals surface area (Å²) in [5.74, 6) is 0. The Morgan fingerprint density at radius 1 is 1.36 bits per heavy atom. The van der Waals surface area contributed by atoms with Gasteiger partial charge in [-0.1, -0.05) is 30.3 Å². The van der Waals surface area contributed by atoms with Gasteiger partial charge in [-0.25, -0.2) is 4.57 Å². The fourth-order valence-electron chi connectivity index (χ4n) is 0.700. The largest absolute Gasteiger partial charge is 0.315 e.